The Kier molecular flexibility index (Phi) is 7.61. The molecule has 3 heteroatoms. The fourth-order valence-electron chi connectivity index (χ4n) is 6.55. The molecule has 3 aliphatic carbocycles. The average Bonchev–Trinajstić information content (AvgIpc) is 2.74. The van der Waals surface area contributed by atoms with Crippen molar-refractivity contribution in [3.05, 3.63) is 0 Å². The largest absolute Gasteiger partial charge is 0.468 e. The number of rotatable bonds is 6. The lowest BCUT2D eigenvalue weighted by molar-refractivity contribution is -0.160. The third-order valence-corrected chi connectivity index (χ3v) is 8.72. The maximum absolute atomic E-state index is 12.7. The summed E-state index contributed by atoms with van der Waals surface area (Å²) in [5.74, 6) is 3.87. The predicted octanol–water partition coefficient (Wildman–Crippen LogP) is 6.34. The topological polar surface area (TPSA) is 43.4 Å². The van der Waals surface area contributed by atoms with Crippen LogP contribution in [0.2, 0.25) is 0 Å². The summed E-state index contributed by atoms with van der Waals surface area (Å²) in [5, 5.41) is 0. The van der Waals surface area contributed by atoms with Crippen LogP contribution >= 0.6 is 0 Å². The maximum Gasteiger partial charge on any atom is 0.319 e. The highest BCUT2D eigenvalue weighted by Crippen LogP contribution is 2.47. The second-order valence-electron chi connectivity index (χ2n) is 10.3. The molecule has 28 heavy (non-hydrogen) atoms. The second-order valence-corrected chi connectivity index (χ2v) is 10.3. The first kappa shape index (κ1) is 21.8. The SMILES string of the molecule is CCCCC1CCC(C2CCC(C3CC[C@](C)(C(=O)OC)C(=O)C3)CC2)CC1. The van der Waals surface area contributed by atoms with E-state index in [0.29, 0.717) is 24.7 Å². The molecule has 3 fully saturated rings. The number of carbonyl (C=O) groups excluding carboxylic acids is 2. The Bertz CT molecular complexity index is 526. The normalized spacial score (nSPS) is 39.5. The number of ether oxygens (including phenoxy) is 1. The van der Waals surface area contributed by atoms with Gasteiger partial charge < -0.3 is 4.74 Å². The molecular formula is C25H42O3. The summed E-state index contributed by atoms with van der Waals surface area (Å²) in [5.41, 5.74) is -0.890. The van der Waals surface area contributed by atoms with Crippen molar-refractivity contribution in [2.45, 2.75) is 104 Å². The summed E-state index contributed by atoms with van der Waals surface area (Å²) in [6.45, 7) is 4.09. The summed E-state index contributed by atoms with van der Waals surface area (Å²) in [7, 11) is 1.39. The van der Waals surface area contributed by atoms with Crippen molar-refractivity contribution >= 4 is 11.8 Å². The van der Waals surface area contributed by atoms with Gasteiger partial charge in [0.25, 0.3) is 0 Å². The van der Waals surface area contributed by atoms with E-state index in [1.54, 1.807) is 6.92 Å². The van der Waals surface area contributed by atoms with Crippen LogP contribution in [0.5, 0.6) is 0 Å². The summed E-state index contributed by atoms with van der Waals surface area (Å²) in [6.07, 6.45) is 17.7. The quantitative estimate of drug-likeness (QED) is 0.393. The second kappa shape index (κ2) is 9.76. The van der Waals surface area contributed by atoms with E-state index in [-0.39, 0.29) is 11.8 Å². The first-order valence-corrected chi connectivity index (χ1v) is 12.1. The molecule has 0 heterocycles. The number of carbonyl (C=O) groups is 2. The molecule has 3 nitrogen and oxygen atoms in total. The van der Waals surface area contributed by atoms with E-state index in [1.165, 1.54) is 77.7 Å². The Morgan fingerprint density at radius 1 is 0.929 bits per heavy atom. The third kappa shape index (κ3) is 4.82. The Balaban J connectivity index is 1.43. The van der Waals surface area contributed by atoms with Gasteiger partial charge in [-0.3, -0.25) is 9.59 Å². The van der Waals surface area contributed by atoms with Crippen LogP contribution in [-0.4, -0.2) is 18.9 Å². The lowest BCUT2D eigenvalue weighted by atomic mass is 9.62. The molecule has 0 saturated heterocycles. The number of ketones is 1. The van der Waals surface area contributed by atoms with Crippen molar-refractivity contribution in [2.24, 2.45) is 35.0 Å². The van der Waals surface area contributed by atoms with Gasteiger partial charge in [-0.05, 0) is 87.9 Å². The van der Waals surface area contributed by atoms with Crippen molar-refractivity contribution in [1.82, 2.24) is 0 Å². The van der Waals surface area contributed by atoms with Gasteiger partial charge >= 0.3 is 5.97 Å². The molecular weight excluding hydrogens is 348 g/mol. The molecule has 0 aliphatic heterocycles. The molecule has 3 aliphatic rings. The maximum atomic E-state index is 12.7. The van der Waals surface area contributed by atoms with E-state index < -0.39 is 5.41 Å². The molecule has 3 rings (SSSR count). The van der Waals surface area contributed by atoms with Crippen molar-refractivity contribution in [1.29, 1.82) is 0 Å². The molecule has 0 aromatic heterocycles. The van der Waals surface area contributed by atoms with Gasteiger partial charge in [-0.1, -0.05) is 39.0 Å². The Morgan fingerprint density at radius 2 is 1.46 bits per heavy atom. The summed E-state index contributed by atoms with van der Waals surface area (Å²) >= 11 is 0. The van der Waals surface area contributed by atoms with Crippen LogP contribution in [-0.2, 0) is 14.3 Å². The fraction of sp³-hybridized carbons (Fsp3) is 0.920. The molecule has 160 valence electrons. The van der Waals surface area contributed by atoms with Gasteiger partial charge in [-0.25, -0.2) is 0 Å². The molecule has 0 aromatic rings. The Morgan fingerprint density at radius 3 is 1.96 bits per heavy atom. The number of Topliss-reactive ketones (excluding diaryl/α,β-unsaturated/α-hetero) is 1. The smallest absolute Gasteiger partial charge is 0.319 e. The highest BCUT2D eigenvalue weighted by atomic mass is 16.5. The first-order valence-electron chi connectivity index (χ1n) is 12.1. The van der Waals surface area contributed by atoms with E-state index in [0.717, 1.165) is 24.2 Å². The van der Waals surface area contributed by atoms with Crippen LogP contribution in [0.3, 0.4) is 0 Å². The summed E-state index contributed by atoms with van der Waals surface area (Å²) < 4.78 is 4.89. The molecule has 0 aromatic carbocycles. The highest BCUT2D eigenvalue weighted by molar-refractivity contribution is 6.03. The van der Waals surface area contributed by atoms with Crippen molar-refractivity contribution in [2.75, 3.05) is 7.11 Å². The van der Waals surface area contributed by atoms with Crippen LogP contribution in [0.25, 0.3) is 0 Å². The monoisotopic (exact) mass is 390 g/mol. The van der Waals surface area contributed by atoms with E-state index in [1.807, 2.05) is 0 Å². The van der Waals surface area contributed by atoms with Crippen LogP contribution in [0.1, 0.15) is 104 Å². The van der Waals surface area contributed by atoms with Gasteiger partial charge in [0.1, 0.15) is 11.2 Å². The van der Waals surface area contributed by atoms with E-state index in [4.69, 9.17) is 4.74 Å². The van der Waals surface area contributed by atoms with Crippen molar-refractivity contribution in [3.8, 4) is 0 Å². The summed E-state index contributed by atoms with van der Waals surface area (Å²) in [6, 6.07) is 0. The first-order chi connectivity index (χ1) is 13.5. The number of unbranched alkanes of at least 4 members (excludes halogenated alkanes) is 1. The van der Waals surface area contributed by atoms with Gasteiger partial charge in [0.2, 0.25) is 0 Å². The van der Waals surface area contributed by atoms with E-state index in [9.17, 15) is 9.59 Å². The number of hydrogen-bond acceptors (Lipinski definition) is 3. The molecule has 0 N–H and O–H groups in total. The predicted molar refractivity (Wildman–Crippen MR) is 113 cm³/mol. The van der Waals surface area contributed by atoms with Crippen LogP contribution in [0.15, 0.2) is 0 Å². The molecule has 0 radical (unpaired) electrons. The molecule has 0 spiro atoms. The number of esters is 1. The molecule has 2 atom stereocenters. The van der Waals surface area contributed by atoms with Crippen LogP contribution in [0, 0.1) is 35.0 Å². The fourth-order valence-corrected chi connectivity index (χ4v) is 6.55. The Labute approximate surface area is 172 Å². The van der Waals surface area contributed by atoms with Crippen molar-refractivity contribution in [3.63, 3.8) is 0 Å². The molecule has 1 unspecified atom stereocenters. The van der Waals surface area contributed by atoms with Gasteiger partial charge in [0, 0.05) is 6.42 Å². The zero-order valence-corrected chi connectivity index (χ0v) is 18.5. The number of methoxy groups -OCH3 is 1. The van der Waals surface area contributed by atoms with E-state index >= 15 is 0 Å². The third-order valence-electron chi connectivity index (χ3n) is 8.72. The Hall–Kier alpha value is -0.860. The minimum Gasteiger partial charge on any atom is -0.468 e. The van der Waals surface area contributed by atoms with E-state index in [2.05, 4.69) is 6.92 Å². The average molecular weight is 391 g/mol. The standard InChI is InChI=1S/C25H42O3/c1-4-5-6-18-7-9-19(10-8-18)20-11-13-21(14-12-20)22-15-16-25(2,23(26)17-22)24(27)28-3/h18-22H,4-17H2,1-3H3/t18?,19?,20?,21?,22?,25-/m0/s1. The lowest BCUT2D eigenvalue weighted by Gasteiger charge is -2.42. The van der Waals surface area contributed by atoms with Gasteiger partial charge in [0.05, 0.1) is 7.11 Å². The zero-order chi connectivity index (χ0) is 20.1. The van der Waals surface area contributed by atoms with Gasteiger partial charge in [0.15, 0.2) is 0 Å². The highest BCUT2D eigenvalue weighted by Gasteiger charge is 2.47. The zero-order valence-electron chi connectivity index (χ0n) is 18.5. The molecule has 0 amide bonds. The van der Waals surface area contributed by atoms with Gasteiger partial charge in [-0.15, -0.1) is 0 Å². The molecule has 0 bridgehead atoms. The van der Waals surface area contributed by atoms with Gasteiger partial charge in [-0.2, -0.15) is 0 Å². The van der Waals surface area contributed by atoms with Crippen LogP contribution < -0.4 is 0 Å². The van der Waals surface area contributed by atoms with Crippen LogP contribution in [0.4, 0.5) is 0 Å². The summed E-state index contributed by atoms with van der Waals surface area (Å²) in [4.78, 5) is 24.7. The minimum absolute atomic E-state index is 0.114. The molecule has 3 saturated carbocycles. The minimum atomic E-state index is -0.890. The number of hydrogen-bond donors (Lipinski definition) is 0. The van der Waals surface area contributed by atoms with Crippen molar-refractivity contribution < 1.29 is 14.3 Å². The lowest BCUT2D eigenvalue weighted by Crippen LogP contribution is -2.43.